The van der Waals surface area contributed by atoms with Gasteiger partial charge in [0.1, 0.15) is 11.4 Å². The van der Waals surface area contributed by atoms with Crippen molar-refractivity contribution in [2.24, 2.45) is 4.99 Å². The normalized spacial score (nSPS) is 15.6. The van der Waals surface area contributed by atoms with Crippen molar-refractivity contribution in [1.29, 1.82) is 0 Å². The number of guanidine groups is 1. The van der Waals surface area contributed by atoms with E-state index in [1.54, 1.807) is 16.2 Å². The molecule has 8 nitrogen and oxygen atoms in total. The van der Waals surface area contributed by atoms with E-state index in [0.29, 0.717) is 19.0 Å². The van der Waals surface area contributed by atoms with E-state index in [-0.39, 0.29) is 36.2 Å². The summed E-state index contributed by atoms with van der Waals surface area (Å²) in [5.74, 6) is 1.56. The number of aryl methyl sites for hydroxylation is 2. The van der Waals surface area contributed by atoms with Crippen molar-refractivity contribution in [2.45, 2.75) is 58.2 Å². The van der Waals surface area contributed by atoms with Gasteiger partial charge in [-0.2, -0.15) is 5.10 Å². The summed E-state index contributed by atoms with van der Waals surface area (Å²) in [4.78, 5) is 16.9. The SMILES string of the molecule is CCNC(=NCC(C)(O)c1ccccc1)NCCCn1nc2n(c1=O)CCCC2.I. The minimum Gasteiger partial charge on any atom is -0.384 e. The Balaban J connectivity index is 0.00000320. The molecule has 2 aromatic rings. The molecule has 0 radical (unpaired) electrons. The van der Waals surface area contributed by atoms with Crippen molar-refractivity contribution in [3.05, 3.63) is 52.2 Å². The van der Waals surface area contributed by atoms with Gasteiger partial charge in [0.15, 0.2) is 5.96 Å². The molecule has 0 fully saturated rings. The third kappa shape index (κ3) is 6.31. The summed E-state index contributed by atoms with van der Waals surface area (Å²) in [6.07, 6.45) is 3.80. The number of aromatic nitrogens is 3. The van der Waals surface area contributed by atoms with Gasteiger partial charge in [-0.15, -0.1) is 24.0 Å². The summed E-state index contributed by atoms with van der Waals surface area (Å²) in [7, 11) is 0. The van der Waals surface area contributed by atoms with Crippen LogP contribution in [0.3, 0.4) is 0 Å². The first-order valence-corrected chi connectivity index (χ1v) is 10.5. The molecule has 0 saturated heterocycles. The van der Waals surface area contributed by atoms with E-state index in [9.17, 15) is 9.90 Å². The van der Waals surface area contributed by atoms with E-state index >= 15 is 0 Å². The molecule has 3 rings (SSSR count). The Kier molecular flexibility index (Phi) is 9.35. The van der Waals surface area contributed by atoms with E-state index in [0.717, 1.165) is 50.2 Å². The van der Waals surface area contributed by atoms with Gasteiger partial charge in [-0.05, 0) is 38.7 Å². The molecule has 1 atom stereocenters. The summed E-state index contributed by atoms with van der Waals surface area (Å²) >= 11 is 0. The van der Waals surface area contributed by atoms with Crippen LogP contribution in [-0.4, -0.2) is 45.0 Å². The number of aliphatic imine (C=N–C) groups is 1. The summed E-state index contributed by atoms with van der Waals surface area (Å²) in [5.41, 5.74) is -0.200. The van der Waals surface area contributed by atoms with Crippen LogP contribution >= 0.6 is 24.0 Å². The summed E-state index contributed by atoms with van der Waals surface area (Å²) in [5, 5.41) is 21.7. The molecular weight excluding hydrogens is 495 g/mol. The smallest absolute Gasteiger partial charge is 0.345 e. The fourth-order valence-electron chi connectivity index (χ4n) is 3.49. The molecule has 0 amide bonds. The summed E-state index contributed by atoms with van der Waals surface area (Å²) in [6, 6.07) is 9.55. The molecule has 30 heavy (non-hydrogen) atoms. The molecule has 1 aliphatic heterocycles. The molecule has 0 bridgehead atoms. The lowest BCUT2D eigenvalue weighted by Crippen LogP contribution is -2.39. The van der Waals surface area contributed by atoms with Crippen molar-refractivity contribution in [3.63, 3.8) is 0 Å². The highest BCUT2D eigenvalue weighted by molar-refractivity contribution is 14.0. The van der Waals surface area contributed by atoms with Crippen LogP contribution in [0.2, 0.25) is 0 Å². The van der Waals surface area contributed by atoms with Crippen molar-refractivity contribution in [3.8, 4) is 0 Å². The van der Waals surface area contributed by atoms with E-state index in [2.05, 4.69) is 20.7 Å². The Morgan fingerprint density at radius 3 is 2.73 bits per heavy atom. The summed E-state index contributed by atoms with van der Waals surface area (Å²) < 4.78 is 3.38. The van der Waals surface area contributed by atoms with Gasteiger partial charge in [-0.3, -0.25) is 4.57 Å². The predicted octanol–water partition coefficient (Wildman–Crippen LogP) is 1.85. The zero-order valence-corrected chi connectivity index (χ0v) is 20.1. The Labute approximate surface area is 194 Å². The van der Waals surface area contributed by atoms with Crippen molar-refractivity contribution in [2.75, 3.05) is 19.6 Å². The zero-order chi connectivity index (χ0) is 20.7. The van der Waals surface area contributed by atoms with Gasteiger partial charge in [-0.1, -0.05) is 30.3 Å². The highest BCUT2D eigenvalue weighted by atomic mass is 127. The van der Waals surface area contributed by atoms with E-state index in [1.165, 1.54) is 0 Å². The van der Waals surface area contributed by atoms with Crippen molar-refractivity contribution in [1.82, 2.24) is 25.0 Å². The van der Waals surface area contributed by atoms with Crippen molar-refractivity contribution >= 4 is 29.9 Å². The van der Waals surface area contributed by atoms with Gasteiger partial charge < -0.3 is 15.7 Å². The Morgan fingerprint density at radius 1 is 1.27 bits per heavy atom. The van der Waals surface area contributed by atoms with Gasteiger partial charge in [0.2, 0.25) is 0 Å². The molecule has 1 aliphatic rings. The van der Waals surface area contributed by atoms with Gasteiger partial charge in [-0.25, -0.2) is 14.5 Å². The standard InChI is InChI=1S/C21H32N6O2.HI/c1-3-22-19(24-16-21(2,29)17-10-5-4-6-11-17)23-13-9-15-27-20(28)26-14-8-7-12-18(26)25-27;/h4-6,10-11,29H,3,7-9,12-16H2,1-2H3,(H2,22,23,24);1H. The van der Waals surface area contributed by atoms with Crippen molar-refractivity contribution < 1.29 is 5.11 Å². The Bertz CT molecular complexity index is 875. The van der Waals surface area contributed by atoms with Crippen LogP contribution in [0.25, 0.3) is 0 Å². The molecule has 1 aromatic heterocycles. The van der Waals surface area contributed by atoms with Crippen LogP contribution in [-0.2, 0) is 25.1 Å². The highest BCUT2D eigenvalue weighted by Gasteiger charge is 2.22. The topological polar surface area (TPSA) is 96.5 Å². The molecule has 0 spiro atoms. The second-order valence-corrected chi connectivity index (χ2v) is 7.65. The molecule has 9 heteroatoms. The molecule has 1 aromatic carbocycles. The van der Waals surface area contributed by atoms with E-state index in [1.807, 2.05) is 37.3 Å². The van der Waals surface area contributed by atoms with Gasteiger partial charge in [0.05, 0.1) is 6.54 Å². The van der Waals surface area contributed by atoms with Gasteiger partial charge in [0.25, 0.3) is 0 Å². The predicted molar refractivity (Wildman–Crippen MR) is 129 cm³/mol. The highest BCUT2D eigenvalue weighted by Crippen LogP contribution is 2.20. The number of fused-ring (bicyclic) bond motifs is 1. The summed E-state index contributed by atoms with van der Waals surface area (Å²) in [6.45, 7) is 6.77. The number of rotatable bonds is 8. The van der Waals surface area contributed by atoms with Crippen LogP contribution in [0.15, 0.2) is 40.1 Å². The van der Waals surface area contributed by atoms with Crippen LogP contribution < -0.4 is 16.3 Å². The minimum absolute atomic E-state index is 0. The third-order valence-corrected chi connectivity index (χ3v) is 5.16. The number of nitrogens with zero attached hydrogens (tertiary/aromatic N) is 4. The third-order valence-electron chi connectivity index (χ3n) is 5.16. The average molecular weight is 528 g/mol. The minimum atomic E-state index is -1.04. The Hall–Kier alpha value is -1.88. The maximum absolute atomic E-state index is 12.4. The number of nitrogens with one attached hydrogen (secondary N) is 2. The zero-order valence-electron chi connectivity index (χ0n) is 17.8. The lowest BCUT2D eigenvalue weighted by molar-refractivity contribution is 0.0672. The fraction of sp³-hybridized carbons (Fsp3) is 0.571. The Morgan fingerprint density at radius 2 is 2.03 bits per heavy atom. The van der Waals surface area contributed by atoms with Crippen LogP contribution in [0.1, 0.15) is 44.5 Å². The number of hydrogen-bond acceptors (Lipinski definition) is 4. The largest absolute Gasteiger partial charge is 0.384 e. The van der Waals surface area contributed by atoms with Gasteiger partial charge in [0, 0.05) is 32.6 Å². The molecule has 1 unspecified atom stereocenters. The molecule has 0 saturated carbocycles. The van der Waals surface area contributed by atoms with Crippen LogP contribution in [0.5, 0.6) is 0 Å². The number of aliphatic hydroxyl groups is 1. The molecule has 3 N–H and O–H groups in total. The maximum Gasteiger partial charge on any atom is 0.345 e. The quantitative estimate of drug-likeness (QED) is 0.211. The molecule has 2 heterocycles. The first-order chi connectivity index (χ1) is 14.0. The van der Waals surface area contributed by atoms with E-state index in [4.69, 9.17) is 0 Å². The first kappa shape index (κ1) is 24.4. The molecule has 166 valence electrons. The second-order valence-electron chi connectivity index (χ2n) is 7.65. The maximum atomic E-state index is 12.4. The first-order valence-electron chi connectivity index (χ1n) is 10.5. The fourth-order valence-corrected chi connectivity index (χ4v) is 3.49. The van der Waals surface area contributed by atoms with Gasteiger partial charge >= 0.3 is 5.69 Å². The number of halogens is 1. The lowest BCUT2D eigenvalue weighted by Gasteiger charge is -2.22. The van der Waals surface area contributed by atoms with Crippen LogP contribution in [0, 0.1) is 0 Å². The second kappa shape index (κ2) is 11.5. The van der Waals surface area contributed by atoms with Crippen LogP contribution in [0.4, 0.5) is 0 Å². The monoisotopic (exact) mass is 528 g/mol. The number of benzene rings is 1. The molecule has 0 aliphatic carbocycles. The number of hydrogen-bond donors (Lipinski definition) is 3. The molecular formula is C21H33IN6O2. The van der Waals surface area contributed by atoms with E-state index < -0.39 is 5.60 Å². The average Bonchev–Trinajstić information content (AvgIpc) is 3.06. The lowest BCUT2D eigenvalue weighted by atomic mass is 9.96.